The van der Waals surface area contributed by atoms with Crippen LogP contribution >= 0.6 is 0 Å². The number of hydrogen-bond acceptors (Lipinski definition) is 4. The van der Waals surface area contributed by atoms with Crippen molar-refractivity contribution >= 4 is 16.9 Å². The maximum absolute atomic E-state index is 12.7. The second kappa shape index (κ2) is 7.88. The van der Waals surface area contributed by atoms with E-state index in [0.717, 1.165) is 48.5 Å². The fourth-order valence-corrected chi connectivity index (χ4v) is 3.80. The van der Waals surface area contributed by atoms with Crippen molar-refractivity contribution in [1.82, 2.24) is 19.4 Å². The fraction of sp³-hybridized carbons (Fsp3) is 0.381. The van der Waals surface area contributed by atoms with Crippen LogP contribution in [0, 0.1) is 0 Å². The number of carbonyl (C=O) groups excluding carboxylic acids is 1. The summed E-state index contributed by atoms with van der Waals surface area (Å²) < 4.78 is 7.47. The Labute approximate surface area is 158 Å². The zero-order chi connectivity index (χ0) is 18.6. The third-order valence-corrected chi connectivity index (χ3v) is 5.20. The molecule has 27 heavy (non-hydrogen) atoms. The Morgan fingerprint density at radius 2 is 2.11 bits per heavy atom. The molecule has 1 amide bonds. The molecule has 1 atom stereocenters. The summed E-state index contributed by atoms with van der Waals surface area (Å²) >= 11 is 0. The summed E-state index contributed by atoms with van der Waals surface area (Å²) in [4.78, 5) is 23.8. The van der Waals surface area contributed by atoms with Gasteiger partial charge in [0.25, 0.3) is 0 Å². The van der Waals surface area contributed by atoms with Crippen LogP contribution < -0.4 is 0 Å². The largest absolute Gasteiger partial charge is 0.383 e. The highest BCUT2D eigenvalue weighted by molar-refractivity contribution is 5.79. The van der Waals surface area contributed by atoms with Gasteiger partial charge in [0.05, 0.1) is 30.3 Å². The van der Waals surface area contributed by atoms with Gasteiger partial charge in [0.15, 0.2) is 0 Å². The van der Waals surface area contributed by atoms with E-state index in [1.165, 1.54) is 0 Å². The molecule has 2 aromatic heterocycles. The van der Waals surface area contributed by atoms with Crippen molar-refractivity contribution in [2.75, 3.05) is 26.8 Å². The maximum Gasteiger partial charge on any atom is 0.227 e. The quantitative estimate of drug-likeness (QED) is 0.675. The Morgan fingerprint density at radius 3 is 2.93 bits per heavy atom. The monoisotopic (exact) mass is 364 g/mol. The van der Waals surface area contributed by atoms with Gasteiger partial charge in [0.2, 0.25) is 5.91 Å². The molecule has 4 rings (SSSR count). The van der Waals surface area contributed by atoms with Gasteiger partial charge >= 0.3 is 0 Å². The van der Waals surface area contributed by atoms with Crippen molar-refractivity contribution in [1.29, 1.82) is 0 Å². The van der Waals surface area contributed by atoms with E-state index in [1.54, 1.807) is 13.3 Å². The first-order valence-electron chi connectivity index (χ1n) is 9.37. The van der Waals surface area contributed by atoms with Gasteiger partial charge in [-0.3, -0.25) is 9.78 Å². The molecule has 1 aliphatic heterocycles. The summed E-state index contributed by atoms with van der Waals surface area (Å²) in [5.41, 5.74) is 3.04. The third kappa shape index (κ3) is 3.71. The lowest BCUT2D eigenvalue weighted by atomic mass is 10.1. The molecule has 6 heteroatoms. The lowest BCUT2D eigenvalue weighted by Crippen LogP contribution is -2.30. The molecule has 6 nitrogen and oxygen atoms in total. The van der Waals surface area contributed by atoms with Crippen LogP contribution in [0.3, 0.4) is 0 Å². The van der Waals surface area contributed by atoms with Crippen molar-refractivity contribution < 1.29 is 9.53 Å². The number of rotatable bonds is 6. The highest BCUT2D eigenvalue weighted by Gasteiger charge is 2.30. The average Bonchev–Trinajstić information content (AvgIpc) is 3.32. The molecule has 0 spiro atoms. The number of imidazole rings is 1. The zero-order valence-corrected chi connectivity index (χ0v) is 15.5. The summed E-state index contributed by atoms with van der Waals surface area (Å²) in [6.45, 7) is 2.86. The molecule has 140 valence electrons. The van der Waals surface area contributed by atoms with Crippen LogP contribution in [0.1, 0.15) is 23.7 Å². The molecule has 1 aromatic carbocycles. The number of benzene rings is 1. The number of methoxy groups -OCH3 is 1. The van der Waals surface area contributed by atoms with Gasteiger partial charge in [-0.2, -0.15) is 0 Å². The van der Waals surface area contributed by atoms with Crippen LogP contribution in [-0.2, 0) is 22.5 Å². The molecular weight excluding hydrogens is 340 g/mol. The molecule has 1 aliphatic rings. The van der Waals surface area contributed by atoms with E-state index in [-0.39, 0.29) is 11.8 Å². The van der Waals surface area contributed by atoms with Crippen LogP contribution in [0.4, 0.5) is 0 Å². The van der Waals surface area contributed by atoms with Crippen molar-refractivity contribution in [3.8, 4) is 0 Å². The first-order chi connectivity index (χ1) is 13.3. The lowest BCUT2D eigenvalue weighted by Gasteiger charge is -2.17. The number of hydrogen-bond donors (Lipinski definition) is 0. The average molecular weight is 364 g/mol. The van der Waals surface area contributed by atoms with Crippen LogP contribution in [0.25, 0.3) is 11.0 Å². The SMILES string of the molecule is COCCn1c([C@H]2CCN(C(=O)Cc3ccccc3)C2)nc2ccncc21. The number of pyridine rings is 1. The topological polar surface area (TPSA) is 60.2 Å². The van der Waals surface area contributed by atoms with E-state index in [9.17, 15) is 4.79 Å². The second-order valence-electron chi connectivity index (χ2n) is 6.97. The zero-order valence-electron chi connectivity index (χ0n) is 15.5. The summed E-state index contributed by atoms with van der Waals surface area (Å²) in [6.07, 6.45) is 5.01. The fourth-order valence-electron chi connectivity index (χ4n) is 3.80. The third-order valence-electron chi connectivity index (χ3n) is 5.20. The van der Waals surface area contributed by atoms with Gasteiger partial charge in [-0.15, -0.1) is 0 Å². The van der Waals surface area contributed by atoms with Crippen molar-refractivity contribution in [2.45, 2.75) is 25.3 Å². The van der Waals surface area contributed by atoms with Crippen molar-refractivity contribution in [3.05, 3.63) is 60.2 Å². The summed E-state index contributed by atoms with van der Waals surface area (Å²) in [7, 11) is 1.70. The van der Waals surface area contributed by atoms with E-state index >= 15 is 0 Å². The number of ether oxygens (including phenoxy) is 1. The minimum atomic E-state index is 0.185. The molecule has 0 N–H and O–H groups in total. The smallest absolute Gasteiger partial charge is 0.227 e. The van der Waals surface area contributed by atoms with E-state index in [0.29, 0.717) is 13.0 Å². The highest BCUT2D eigenvalue weighted by atomic mass is 16.5. The minimum Gasteiger partial charge on any atom is -0.383 e. The standard InChI is InChI=1S/C21H24N4O2/c1-27-12-11-25-19-14-22-9-7-18(19)23-21(25)17-8-10-24(15-17)20(26)13-16-5-3-2-4-6-16/h2-7,9,14,17H,8,10-13,15H2,1H3/t17-/m0/s1. The molecule has 0 unspecified atom stereocenters. The van der Waals surface area contributed by atoms with E-state index in [4.69, 9.17) is 9.72 Å². The normalized spacial score (nSPS) is 16.9. The van der Waals surface area contributed by atoms with Crippen LogP contribution in [0.15, 0.2) is 48.8 Å². The summed E-state index contributed by atoms with van der Waals surface area (Å²) in [6, 6.07) is 11.9. The number of aromatic nitrogens is 3. The van der Waals surface area contributed by atoms with Crippen molar-refractivity contribution in [3.63, 3.8) is 0 Å². The van der Waals surface area contributed by atoms with Gasteiger partial charge in [0, 0.05) is 38.9 Å². The number of carbonyl (C=O) groups is 1. The van der Waals surface area contributed by atoms with Gasteiger partial charge in [-0.05, 0) is 18.1 Å². The van der Waals surface area contributed by atoms with E-state index in [1.807, 2.05) is 47.5 Å². The first-order valence-corrected chi connectivity index (χ1v) is 9.37. The van der Waals surface area contributed by atoms with Crippen LogP contribution in [-0.4, -0.2) is 52.1 Å². The molecule has 1 fully saturated rings. The predicted molar refractivity (Wildman–Crippen MR) is 103 cm³/mol. The molecular formula is C21H24N4O2. The summed E-state index contributed by atoms with van der Waals surface area (Å²) in [5, 5.41) is 0. The van der Waals surface area contributed by atoms with E-state index < -0.39 is 0 Å². The Kier molecular flexibility index (Phi) is 5.16. The van der Waals surface area contributed by atoms with Gasteiger partial charge in [-0.25, -0.2) is 4.98 Å². The van der Waals surface area contributed by atoms with Gasteiger partial charge < -0.3 is 14.2 Å². The summed E-state index contributed by atoms with van der Waals surface area (Å²) in [5.74, 6) is 1.46. The molecule has 0 saturated carbocycles. The minimum absolute atomic E-state index is 0.185. The molecule has 3 aromatic rings. The Morgan fingerprint density at radius 1 is 1.26 bits per heavy atom. The Bertz CT molecular complexity index is 922. The van der Waals surface area contributed by atoms with Crippen molar-refractivity contribution in [2.24, 2.45) is 0 Å². The number of likely N-dealkylation sites (tertiary alicyclic amines) is 1. The predicted octanol–water partition coefficient (Wildman–Crippen LogP) is 2.64. The maximum atomic E-state index is 12.7. The lowest BCUT2D eigenvalue weighted by molar-refractivity contribution is -0.129. The Balaban J connectivity index is 1.52. The number of amides is 1. The molecule has 1 saturated heterocycles. The number of fused-ring (bicyclic) bond motifs is 1. The number of nitrogens with zero attached hydrogens (tertiary/aromatic N) is 4. The second-order valence-corrected chi connectivity index (χ2v) is 6.97. The Hall–Kier alpha value is -2.73. The molecule has 0 bridgehead atoms. The van der Waals surface area contributed by atoms with E-state index in [2.05, 4.69) is 9.55 Å². The molecule has 0 radical (unpaired) electrons. The van der Waals surface area contributed by atoms with Crippen LogP contribution in [0.5, 0.6) is 0 Å². The molecule has 3 heterocycles. The van der Waals surface area contributed by atoms with Crippen LogP contribution in [0.2, 0.25) is 0 Å². The highest BCUT2D eigenvalue weighted by Crippen LogP contribution is 2.29. The van der Waals surface area contributed by atoms with Gasteiger partial charge in [-0.1, -0.05) is 30.3 Å². The first kappa shape index (κ1) is 17.7. The molecule has 0 aliphatic carbocycles. The van der Waals surface area contributed by atoms with Gasteiger partial charge in [0.1, 0.15) is 5.82 Å².